The van der Waals surface area contributed by atoms with Gasteiger partial charge in [-0.25, -0.2) is 0 Å². The summed E-state index contributed by atoms with van der Waals surface area (Å²) >= 11 is 0. The molecule has 0 saturated heterocycles. The molecule has 2 aliphatic carbocycles. The Labute approximate surface area is 175 Å². The molecule has 0 N–H and O–H groups in total. The third-order valence-corrected chi connectivity index (χ3v) is 7.93. The van der Waals surface area contributed by atoms with Crippen LogP contribution in [0.4, 0.5) is 0 Å². The van der Waals surface area contributed by atoms with Gasteiger partial charge in [-0.15, -0.1) is 0 Å². The van der Waals surface area contributed by atoms with Gasteiger partial charge in [-0.05, 0) is 86.7 Å². The zero-order valence-corrected chi connectivity index (χ0v) is 18.8. The predicted octanol–water partition coefficient (Wildman–Crippen LogP) is 8.16. The molecule has 1 heteroatoms. The fourth-order valence-electron chi connectivity index (χ4n) is 5.87. The lowest BCUT2D eigenvalue weighted by Crippen LogP contribution is -2.26. The molecule has 1 aromatic rings. The summed E-state index contributed by atoms with van der Waals surface area (Å²) in [6.45, 7) is 4.60. The van der Waals surface area contributed by atoms with Crippen LogP contribution in [0.3, 0.4) is 0 Å². The fraction of sp³-hybridized carbons (Fsp3) is 0.815. The summed E-state index contributed by atoms with van der Waals surface area (Å²) in [5.74, 6) is 4.14. The molecule has 0 aromatic carbocycles. The second-order valence-electron chi connectivity index (χ2n) is 10.0. The number of hydrogen-bond acceptors (Lipinski definition) is 1. The van der Waals surface area contributed by atoms with Gasteiger partial charge in [0.2, 0.25) is 0 Å². The molecule has 1 aromatic heterocycles. The summed E-state index contributed by atoms with van der Waals surface area (Å²) < 4.78 is 0. The van der Waals surface area contributed by atoms with E-state index < -0.39 is 0 Å². The number of aromatic nitrogens is 1. The van der Waals surface area contributed by atoms with Crippen molar-refractivity contribution in [1.82, 2.24) is 4.98 Å². The van der Waals surface area contributed by atoms with E-state index in [1.165, 1.54) is 114 Å². The maximum atomic E-state index is 4.73. The Morgan fingerprint density at radius 2 is 1.32 bits per heavy atom. The van der Waals surface area contributed by atoms with Gasteiger partial charge in [-0.2, -0.15) is 0 Å². The maximum Gasteiger partial charge on any atom is 0.0403 e. The van der Waals surface area contributed by atoms with E-state index in [9.17, 15) is 0 Å². The molecule has 0 amide bonds. The molecular formula is C27H45N. The normalized spacial score (nSPS) is 28.4. The zero-order valence-electron chi connectivity index (χ0n) is 18.8. The summed E-state index contributed by atoms with van der Waals surface area (Å²) in [7, 11) is 0. The van der Waals surface area contributed by atoms with E-state index in [1.807, 2.05) is 0 Å². The van der Waals surface area contributed by atoms with Crippen LogP contribution in [0.1, 0.15) is 115 Å². The summed E-state index contributed by atoms with van der Waals surface area (Å²) in [6, 6.07) is 4.60. The van der Waals surface area contributed by atoms with Gasteiger partial charge in [0.25, 0.3) is 0 Å². The van der Waals surface area contributed by atoms with Crippen molar-refractivity contribution in [2.45, 2.75) is 117 Å². The van der Waals surface area contributed by atoms with Crippen LogP contribution in [0.25, 0.3) is 0 Å². The molecule has 0 aliphatic heterocycles. The maximum absolute atomic E-state index is 4.73. The lowest BCUT2D eigenvalue weighted by Gasteiger charge is -2.38. The molecule has 3 rings (SSSR count). The third-order valence-electron chi connectivity index (χ3n) is 7.93. The van der Waals surface area contributed by atoms with Crippen LogP contribution in [-0.4, -0.2) is 4.98 Å². The Balaban J connectivity index is 1.32. The van der Waals surface area contributed by atoms with Gasteiger partial charge < -0.3 is 0 Å². The van der Waals surface area contributed by atoms with Crippen molar-refractivity contribution in [3.8, 4) is 0 Å². The minimum absolute atomic E-state index is 0.957. The monoisotopic (exact) mass is 383 g/mol. The highest BCUT2D eigenvalue weighted by atomic mass is 14.7. The molecular weight excluding hydrogens is 338 g/mol. The van der Waals surface area contributed by atoms with Gasteiger partial charge >= 0.3 is 0 Å². The highest BCUT2D eigenvalue weighted by Gasteiger charge is 2.30. The molecule has 0 radical (unpaired) electrons. The van der Waals surface area contributed by atoms with Gasteiger partial charge in [-0.1, -0.05) is 71.3 Å². The summed E-state index contributed by atoms with van der Waals surface area (Å²) in [4.78, 5) is 4.73. The minimum Gasteiger partial charge on any atom is -0.261 e. The van der Waals surface area contributed by atoms with E-state index in [2.05, 4.69) is 32.2 Å². The summed E-state index contributed by atoms with van der Waals surface area (Å²) in [5.41, 5.74) is 2.73. The quantitative estimate of drug-likeness (QED) is 0.397. The van der Waals surface area contributed by atoms with Crippen molar-refractivity contribution < 1.29 is 0 Å². The average molecular weight is 384 g/mol. The fourth-order valence-corrected chi connectivity index (χ4v) is 5.87. The van der Waals surface area contributed by atoms with Crippen LogP contribution in [0.5, 0.6) is 0 Å². The van der Waals surface area contributed by atoms with Crippen molar-refractivity contribution in [2.24, 2.45) is 23.7 Å². The average Bonchev–Trinajstić information content (AvgIpc) is 2.76. The van der Waals surface area contributed by atoms with E-state index in [4.69, 9.17) is 4.98 Å². The van der Waals surface area contributed by atoms with Crippen molar-refractivity contribution >= 4 is 0 Å². The predicted molar refractivity (Wildman–Crippen MR) is 122 cm³/mol. The largest absolute Gasteiger partial charge is 0.261 e. The second kappa shape index (κ2) is 12.0. The van der Waals surface area contributed by atoms with Crippen molar-refractivity contribution in [3.63, 3.8) is 0 Å². The molecule has 28 heavy (non-hydrogen) atoms. The topological polar surface area (TPSA) is 12.9 Å². The number of aryl methyl sites for hydroxylation is 2. The van der Waals surface area contributed by atoms with E-state index >= 15 is 0 Å². The molecule has 2 saturated carbocycles. The molecule has 2 fully saturated rings. The van der Waals surface area contributed by atoms with Crippen LogP contribution in [0.15, 0.2) is 18.3 Å². The second-order valence-corrected chi connectivity index (χ2v) is 10.0. The molecule has 0 spiro atoms. The molecule has 0 bridgehead atoms. The highest BCUT2D eigenvalue weighted by molar-refractivity contribution is 5.14. The van der Waals surface area contributed by atoms with Gasteiger partial charge in [0.15, 0.2) is 0 Å². The van der Waals surface area contributed by atoms with Gasteiger partial charge in [0.1, 0.15) is 0 Å². The summed E-state index contributed by atoms with van der Waals surface area (Å²) in [5, 5.41) is 0. The van der Waals surface area contributed by atoms with Crippen LogP contribution in [0, 0.1) is 23.7 Å². The zero-order chi connectivity index (χ0) is 19.6. The molecule has 1 heterocycles. The Bertz CT molecular complexity index is 518. The number of rotatable bonds is 10. The van der Waals surface area contributed by atoms with Crippen LogP contribution < -0.4 is 0 Å². The van der Waals surface area contributed by atoms with Crippen molar-refractivity contribution in [1.29, 1.82) is 0 Å². The standard InChI is InChI=1S/C27H45N/c1-3-5-7-22-9-15-25(16-10-22)26-17-11-23(12-18-26)13-19-27-20-14-24(21-28-27)8-6-4-2/h14,20-23,25-26H,3-13,15-19H2,1-2H3/t22-,23-,25-,26-. The minimum atomic E-state index is 0.957. The number of nitrogens with zero attached hydrogens (tertiary/aromatic N) is 1. The van der Waals surface area contributed by atoms with Crippen molar-refractivity contribution in [2.75, 3.05) is 0 Å². The number of hydrogen-bond donors (Lipinski definition) is 0. The Morgan fingerprint density at radius 3 is 1.86 bits per heavy atom. The van der Waals surface area contributed by atoms with Crippen molar-refractivity contribution in [3.05, 3.63) is 29.6 Å². The Hall–Kier alpha value is -0.850. The molecule has 2 aliphatic rings. The van der Waals surface area contributed by atoms with Crippen LogP contribution >= 0.6 is 0 Å². The van der Waals surface area contributed by atoms with E-state index in [0.29, 0.717) is 0 Å². The van der Waals surface area contributed by atoms with Crippen LogP contribution in [0.2, 0.25) is 0 Å². The number of pyridine rings is 1. The summed E-state index contributed by atoms with van der Waals surface area (Å²) in [6.07, 6.45) is 24.9. The SMILES string of the molecule is CCCCc1ccc(CC[C@H]2CC[C@H]([C@H]3CC[C@H](CCCC)CC3)CC2)nc1. The first kappa shape index (κ1) is 21.8. The highest BCUT2D eigenvalue weighted by Crippen LogP contribution is 2.43. The lowest BCUT2D eigenvalue weighted by molar-refractivity contribution is 0.140. The molecule has 0 unspecified atom stereocenters. The molecule has 158 valence electrons. The van der Waals surface area contributed by atoms with E-state index in [1.54, 1.807) is 0 Å². The third kappa shape index (κ3) is 6.89. The first-order valence-corrected chi connectivity index (χ1v) is 12.7. The first-order chi connectivity index (χ1) is 13.8. The Kier molecular flexibility index (Phi) is 9.35. The van der Waals surface area contributed by atoms with Crippen LogP contribution in [-0.2, 0) is 12.8 Å². The van der Waals surface area contributed by atoms with Gasteiger partial charge in [0.05, 0.1) is 0 Å². The van der Waals surface area contributed by atoms with E-state index in [0.717, 1.165) is 23.7 Å². The van der Waals surface area contributed by atoms with Gasteiger partial charge in [-0.3, -0.25) is 4.98 Å². The molecule has 1 nitrogen and oxygen atoms in total. The smallest absolute Gasteiger partial charge is 0.0403 e. The van der Waals surface area contributed by atoms with Gasteiger partial charge in [0, 0.05) is 11.9 Å². The Morgan fingerprint density at radius 1 is 0.714 bits per heavy atom. The first-order valence-electron chi connectivity index (χ1n) is 12.7. The van der Waals surface area contributed by atoms with E-state index in [-0.39, 0.29) is 0 Å². The lowest BCUT2D eigenvalue weighted by atomic mass is 9.68. The molecule has 0 atom stereocenters. The number of unbranched alkanes of at least 4 members (excludes halogenated alkanes) is 2.